The number of hydrogen-bond donors (Lipinski definition) is 0. The summed E-state index contributed by atoms with van der Waals surface area (Å²) in [6, 6.07) is 0. The standard InChI is InChI=1S/C42H80O2/c1-35(23-15-25-37(3)27-17-29-39(5)31-19-33-41(7,8)43-11)21-13-14-22-36(2)24-16-26-38(4)28-18-30-40(6)32-20-34-42(9,10)44-12/h15,19-20,23,31-32,35-40H,13-14,16-18,21-22,24-30,33-34H2,1-12H3/b23-15+,31-19-,32-20+. The van der Waals surface area contributed by atoms with Crippen molar-refractivity contribution in [3.8, 4) is 0 Å². The Morgan fingerprint density at radius 2 is 0.750 bits per heavy atom. The van der Waals surface area contributed by atoms with Gasteiger partial charge in [-0.2, -0.15) is 0 Å². The van der Waals surface area contributed by atoms with Crippen LogP contribution < -0.4 is 0 Å². The van der Waals surface area contributed by atoms with Crippen molar-refractivity contribution in [3.63, 3.8) is 0 Å². The average Bonchev–Trinajstić information content (AvgIpc) is 2.95. The minimum Gasteiger partial charge on any atom is -0.378 e. The van der Waals surface area contributed by atoms with Crippen LogP contribution in [0.1, 0.15) is 172 Å². The normalized spacial score (nSPS) is 17.5. The molecule has 0 spiro atoms. The highest BCUT2D eigenvalue weighted by Gasteiger charge is 2.14. The van der Waals surface area contributed by atoms with E-state index < -0.39 is 0 Å². The fourth-order valence-electron chi connectivity index (χ4n) is 5.92. The molecule has 260 valence electrons. The van der Waals surface area contributed by atoms with Crippen molar-refractivity contribution in [1.29, 1.82) is 0 Å². The summed E-state index contributed by atoms with van der Waals surface area (Å²) < 4.78 is 11.0. The molecule has 0 saturated carbocycles. The van der Waals surface area contributed by atoms with E-state index in [9.17, 15) is 0 Å². The zero-order valence-electron chi connectivity index (χ0n) is 32.1. The maximum Gasteiger partial charge on any atom is 0.0657 e. The van der Waals surface area contributed by atoms with Crippen LogP contribution in [-0.4, -0.2) is 25.4 Å². The number of hydrogen-bond acceptors (Lipinski definition) is 2. The molecule has 0 aromatic carbocycles. The first kappa shape index (κ1) is 43.1. The SMILES string of the molecule is COC(C)(C)C/C=C\C(C)CCCC(C)C/C=C/C(C)CCCCC(C)CCCC(C)CCCC(C)/C=C/CC(C)(C)OC. The van der Waals surface area contributed by atoms with Gasteiger partial charge in [0, 0.05) is 14.2 Å². The summed E-state index contributed by atoms with van der Waals surface area (Å²) in [6.45, 7) is 23.1. The summed E-state index contributed by atoms with van der Waals surface area (Å²) in [5.74, 6) is 4.59. The van der Waals surface area contributed by atoms with Gasteiger partial charge in [-0.3, -0.25) is 0 Å². The van der Waals surface area contributed by atoms with E-state index in [1.165, 1.54) is 89.9 Å². The van der Waals surface area contributed by atoms with Crippen LogP contribution in [0.2, 0.25) is 0 Å². The maximum atomic E-state index is 5.51. The minimum absolute atomic E-state index is 0.0449. The van der Waals surface area contributed by atoms with E-state index in [2.05, 4.69) is 106 Å². The lowest BCUT2D eigenvalue weighted by Gasteiger charge is -2.20. The van der Waals surface area contributed by atoms with Crippen LogP contribution in [0.15, 0.2) is 36.5 Å². The van der Waals surface area contributed by atoms with Crippen molar-refractivity contribution in [3.05, 3.63) is 36.5 Å². The summed E-state index contributed by atoms with van der Waals surface area (Å²) in [6.07, 6.45) is 35.3. The van der Waals surface area contributed by atoms with E-state index in [0.29, 0.717) is 11.8 Å². The first-order valence-corrected chi connectivity index (χ1v) is 18.8. The molecular weight excluding hydrogens is 536 g/mol. The van der Waals surface area contributed by atoms with Crippen LogP contribution in [0, 0.1) is 35.5 Å². The quantitative estimate of drug-likeness (QED) is 0.0643. The van der Waals surface area contributed by atoms with Crippen molar-refractivity contribution in [2.45, 2.75) is 183 Å². The second-order valence-electron chi connectivity index (χ2n) is 16.2. The summed E-state index contributed by atoms with van der Waals surface area (Å²) in [5, 5.41) is 0. The Hall–Kier alpha value is -0.860. The summed E-state index contributed by atoms with van der Waals surface area (Å²) in [4.78, 5) is 0. The van der Waals surface area contributed by atoms with Crippen LogP contribution in [0.4, 0.5) is 0 Å². The minimum atomic E-state index is -0.0498. The highest BCUT2D eigenvalue weighted by Crippen LogP contribution is 2.24. The fraction of sp³-hybridized carbons (Fsp3) is 0.857. The molecule has 0 aliphatic carbocycles. The molecule has 0 aromatic heterocycles. The average molecular weight is 617 g/mol. The molecule has 2 heteroatoms. The second-order valence-corrected chi connectivity index (χ2v) is 16.2. The van der Waals surface area contributed by atoms with Crippen molar-refractivity contribution in [2.75, 3.05) is 14.2 Å². The Balaban J connectivity index is 3.86. The lowest BCUT2D eigenvalue weighted by Crippen LogP contribution is -2.20. The molecule has 0 aromatic rings. The molecule has 6 unspecified atom stereocenters. The van der Waals surface area contributed by atoms with Gasteiger partial charge in [0.25, 0.3) is 0 Å². The number of allylic oxidation sites excluding steroid dienone is 4. The van der Waals surface area contributed by atoms with Gasteiger partial charge < -0.3 is 9.47 Å². The monoisotopic (exact) mass is 617 g/mol. The van der Waals surface area contributed by atoms with Gasteiger partial charge in [-0.1, -0.05) is 142 Å². The van der Waals surface area contributed by atoms with Crippen LogP contribution in [0.5, 0.6) is 0 Å². The summed E-state index contributed by atoms with van der Waals surface area (Å²) in [5.41, 5.74) is -0.0947. The molecule has 0 aliphatic heterocycles. The first-order valence-electron chi connectivity index (χ1n) is 18.8. The van der Waals surface area contributed by atoms with Gasteiger partial charge >= 0.3 is 0 Å². The van der Waals surface area contributed by atoms with Gasteiger partial charge in [-0.05, 0) is 102 Å². The molecule has 0 heterocycles. The summed E-state index contributed by atoms with van der Waals surface area (Å²) >= 11 is 0. The van der Waals surface area contributed by atoms with E-state index in [1.54, 1.807) is 14.2 Å². The van der Waals surface area contributed by atoms with E-state index in [4.69, 9.17) is 9.47 Å². The Morgan fingerprint density at radius 1 is 0.432 bits per heavy atom. The third-order valence-electron chi connectivity index (χ3n) is 9.97. The third-order valence-corrected chi connectivity index (χ3v) is 9.97. The molecule has 0 radical (unpaired) electrons. The molecule has 0 amide bonds. The van der Waals surface area contributed by atoms with Crippen molar-refractivity contribution >= 4 is 0 Å². The topological polar surface area (TPSA) is 18.5 Å². The lowest BCUT2D eigenvalue weighted by atomic mass is 9.91. The van der Waals surface area contributed by atoms with Crippen LogP contribution in [-0.2, 0) is 9.47 Å². The van der Waals surface area contributed by atoms with Gasteiger partial charge in [-0.25, -0.2) is 0 Å². The van der Waals surface area contributed by atoms with E-state index in [-0.39, 0.29) is 11.2 Å². The molecule has 2 nitrogen and oxygen atoms in total. The highest BCUT2D eigenvalue weighted by atomic mass is 16.5. The Morgan fingerprint density at radius 3 is 1.18 bits per heavy atom. The molecular formula is C42H80O2. The molecule has 0 aliphatic rings. The van der Waals surface area contributed by atoms with E-state index >= 15 is 0 Å². The number of unbranched alkanes of at least 4 members (excludes halogenated alkanes) is 1. The molecule has 0 bridgehead atoms. The highest BCUT2D eigenvalue weighted by molar-refractivity contribution is 4.92. The number of rotatable bonds is 28. The largest absolute Gasteiger partial charge is 0.378 e. The molecule has 0 rings (SSSR count). The van der Waals surface area contributed by atoms with E-state index in [1.807, 2.05) is 0 Å². The molecule has 44 heavy (non-hydrogen) atoms. The van der Waals surface area contributed by atoms with Crippen molar-refractivity contribution < 1.29 is 9.47 Å². The van der Waals surface area contributed by atoms with Gasteiger partial charge in [0.15, 0.2) is 0 Å². The predicted molar refractivity (Wildman–Crippen MR) is 198 cm³/mol. The lowest BCUT2D eigenvalue weighted by molar-refractivity contribution is 0.0251. The van der Waals surface area contributed by atoms with Gasteiger partial charge in [0.05, 0.1) is 11.2 Å². The zero-order chi connectivity index (χ0) is 33.4. The molecule has 0 N–H and O–H groups in total. The molecule has 0 saturated heterocycles. The Labute approximate surface area is 278 Å². The predicted octanol–water partition coefficient (Wildman–Crippen LogP) is 13.6. The molecule has 6 atom stereocenters. The van der Waals surface area contributed by atoms with Crippen LogP contribution in [0.25, 0.3) is 0 Å². The van der Waals surface area contributed by atoms with Crippen LogP contribution >= 0.6 is 0 Å². The molecule has 0 fully saturated rings. The maximum absolute atomic E-state index is 5.51. The van der Waals surface area contributed by atoms with Gasteiger partial charge in [-0.15, -0.1) is 0 Å². The van der Waals surface area contributed by atoms with Gasteiger partial charge in [0.2, 0.25) is 0 Å². The first-order chi connectivity index (χ1) is 20.7. The van der Waals surface area contributed by atoms with Crippen LogP contribution in [0.3, 0.4) is 0 Å². The zero-order valence-corrected chi connectivity index (χ0v) is 32.1. The fourth-order valence-corrected chi connectivity index (χ4v) is 5.92. The smallest absolute Gasteiger partial charge is 0.0657 e. The number of methoxy groups -OCH3 is 2. The third kappa shape index (κ3) is 26.4. The van der Waals surface area contributed by atoms with Crippen molar-refractivity contribution in [2.24, 2.45) is 35.5 Å². The second kappa shape index (κ2) is 25.3. The number of ether oxygens (including phenoxy) is 2. The summed E-state index contributed by atoms with van der Waals surface area (Å²) in [7, 11) is 3.60. The Kier molecular flexibility index (Phi) is 24.8. The van der Waals surface area contributed by atoms with E-state index in [0.717, 1.165) is 36.5 Å². The van der Waals surface area contributed by atoms with Gasteiger partial charge in [0.1, 0.15) is 0 Å². The Bertz CT molecular complexity index is 745. The van der Waals surface area contributed by atoms with Crippen molar-refractivity contribution in [1.82, 2.24) is 0 Å².